The number of nitrogens with zero attached hydrogens (tertiary/aromatic N) is 2. The van der Waals surface area contributed by atoms with E-state index < -0.39 is 18.4 Å². The molecule has 1 heterocycles. The molecule has 8 nitrogen and oxygen atoms in total. The van der Waals surface area contributed by atoms with E-state index in [1.807, 2.05) is 13.8 Å². The number of nitrogens with one attached hydrogen (secondary N) is 2. The van der Waals surface area contributed by atoms with Gasteiger partial charge in [0, 0.05) is 43.0 Å². The molecule has 0 saturated carbocycles. The zero-order chi connectivity index (χ0) is 17.9. The predicted molar refractivity (Wildman–Crippen MR) is 94.3 cm³/mol. The number of imide groups is 1. The minimum atomic E-state index is -0.862. The van der Waals surface area contributed by atoms with Crippen LogP contribution in [0.5, 0.6) is 5.75 Å². The van der Waals surface area contributed by atoms with Crippen molar-refractivity contribution in [3.8, 4) is 5.75 Å². The first-order valence-corrected chi connectivity index (χ1v) is 7.66. The molecule has 1 aliphatic rings. The number of anilines is 1. The fourth-order valence-corrected chi connectivity index (χ4v) is 2.42. The molecular weight excluding hydrogens is 335 g/mol. The molecule has 2 rings (SSSR count). The molecule has 0 spiro atoms. The average Bonchev–Trinajstić information content (AvgIpc) is 2.52. The molecule has 9 heteroatoms. The largest absolute Gasteiger partial charge is 0.497 e. The second kappa shape index (κ2) is 9.07. The molecule has 1 aliphatic heterocycles. The molecule has 1 fully saturated rings. The van der Waals surface area contributed by atoms with Gasteiger partial charge in [0.15, 0.2) is 6.29 Å². The number of amides is 5. The van der Waals surface area contributed by atoms with E-state index in [0.717, 1.165) is 4.90 Å². The van der Waals surface area contributed by atoms with Crippen LogP contribution in [-0.4, -0.2) is 72.4 Å². The molecule has 1 aromatic rings. The maximum absolute atomic E-state index is 12.4. The van der Waals surface area contributed by atoms with E-state index in [1.54, 1.807) is 24.3 Å². The summed E-state index contributed by atoms with van der Waals surface area (Å²) in [6.07, 6.45) is -0.862. The van der Waals surface area contributed by atoms with Crippen molar-refractivity contribution in [2.24, 2.45) is 5.92 Å². The smallest absolute Gasteiger partial charge is 0.333 e. The first-order valence-electron chi connectivity index (χ1n) is 7.66. The van der Waals surface area contributed by atoms with E-state index in [1.165, 1.54) is 18.9 Å². The van der Waals surface area contributed by atoms with Crippen molar-refractivity contribution in [2.45, 2.75) is 27.1 Å². The summed E-state index contributed by atoms with van der Waals surface area (Å²) in [6.45, 7) is 5.72. The summed E-state index contributed by atoms with van der Waals surface area (Å²) in [5, 5.41) is 5.28. The number of methoxy groups -OCH3 is 1. The summed E-state index contributed by atoms with van der Waals surface area (Å²) in [5.74, 6) is 0.587. The van der Waals surface area contributed by atoms with Crippen molar-refractivity contribution in [3.63, 3.8) is 0 Å². The van der Waals surface area contributed by atoms with Crippen molar-refractivity contribution in [3.05, 3.63) is 24.3 Å². The number of hydrogen-bond acceptors (Lipinski definition) is 4. The Morgan fingerprint density at radius 1 is 1.20 bits per heavy atom. The fourth-order valence-electron chi connectivity index (χ4n) is 2.42. The van der Waals surface area contributed by atoms with Crippen LogP contribution in [0.1, 0.15) is 20.8 Å². The number of benzene rings is 1. The SMILES string of the molecule is COc1ccc(N2C(=O)NC(N(CC(C)C)C(C)=O)NC2=O)cc1.[Na]. The van der Waals surface area contributed by atoms with Gasteiger partial charge in [0.05, 0.1) is 12.8 Å². The fraction of sp³-hybridized carbons (Fsp3) is 0.438. The van der Waals surface area contributed by atoms with Gasteiger partial charge >= 0.3 is 12.1 Å². The summed E-state index contributed by atoms with van der Waals surface area (Å²) >= 11 is 0. The first kappa shape index (κ1) is 21.3. The Morgan fingerprint density at radius 3 is 2.12 bits per heavy atom. The molecular formula is C16H22N4NaO4. The van der Waals surface area contributed by atoms with Gasteiger partial charge in [-0.3, -0.25) is 15.4 Å². The summed E-state index contributed by atoms with van der Waals surface area (Å²) < 4.78 is 5.06. The summed E-state index contributed by atoms with van der Waals surface area (Å²) in [7, 11) is 1.53. The van der Waals surface area contributed by atoms with Gasteiger partial charge in [-0.05, 0) is 30.2 Å². The molecule has 131 valence electrons. The van der Waals surface area contributed by atoms with Gasteiger partial charge in [-0.2, -0.15) is 0 Å². The van der Waals surface area contributed by atoms with E-state index in [9.17, 15) is 14.4 Å². The minimum absolute atomic E-state index is 0. The van der Waals surface area contributed by atoms with Gasteiger partial charge in [-0.15, -0.1) is 0 Å². The number of carbonyl (C=O) groups is 3. The summed E-state index contributed by atoms with van der Waals surface area (Å²) in [6, 6.07) is 5.34. The molecule has 2 N–H and O–H groups in total. The normalized spacial score (nSPS) is 14.5. The molecule has 1 saturated heterocycles. The van der Waals surface area contributed by atoms with Crippen LogP contribution in [0.2, 0.25) is 0 Å². The van der Waals surface area contributed by atoms with Crippen molar-refractivity contribution in [2.75, 3.05) is 18.6 Å². The standard InChI is InChI=1S/C16H22N4O4.Na/c1-10(2)9-19(11(3)21)14-17-15(22)20(16(23)18-14)12-5-7-13(24-4)8-6-12;/h5-8,10,14H,9H2,1-4H3,(H,17,22)(H,18,23);. The van der Waals surface area contributed by atoms with E-state index in [0.29, 0.717) is 18.0 Å². The molecule has 0 unspecified atom stereocenters. The summed E-state index contributed by atoms with van der Waals surface area (Å²) in [5.41, 5.74) is 0.405. The maximum atomic E-state index is 12.4. The average molecular weight is 357 g/mol. The van der Waals surface area contributed by atoms with Gasteiger partial charge in [0.25, 0.3) is 0 Å². The summed E-state index contributed by atoms with van der Waals surface area (Å²) in [4.78, 5) is 38.9. The number of carbonyl (C=O) groups excluding carboxylic acids is 3. The van der Waals surface area contributed by atoms with Crippen LogP contribution in [0, 0.1) is 5.92 Å². The Morgan fingerprint density at radius 2 is 1.72 bits per heavy atom. The minimum Gasteiger partial charge on any atom is -0.497 e. The van der Waals surface area contributed by atoms with E-state index in [4.69, 9.17) is 4.74 Å². The molecule has 1 aromatic carbocycles. The molecule has 0 aliphatic carbocycles. The van der Waals surface area contributed by atoms with Crippen LogP contribution in [0.15, 0.2) is 24.3 Å². The maximum Gasteiger partial charge on any atom is 0.333 e. The monoisotopic (exact) mass is 357 g/mol. The van der Waals surface area contributed by atoms with Crippen LogP contribution >= 0.6 is 0 Å². The van der Waals surface area contributed by atoms with Crippen LogP contribution < -0.4 is 20.3 Å². The topological polar surface area (TPSA) is 91.0 Å². The quantitative estimate of drug-likeness (QED) is 0.778. The third kappa shape index (κ3) is 5.10. The van der Waals surface area contributed by atoms with Crippen LogP contribution in [0.4, 0.5) is 15.3 Å². The molecule has 25 heavy (non-hydrogen) atoms. The van der Waals surface area contributed by atoms with Crippen LogP contribution in [0.3, 0.4) is 0 Å². The van der Waals surface area contributed by atoms with Gasteiger partial charge < -0.3 is 9.64 Å². The first-order chi connectivity index (χ1) is 11.3. The number of hydrogen-bond donors (Lipinski definition) is 2. The Balaban J connectivity index is 0.00000312. The Hall–Kier alpha value is -1.77. The molecule has 0 bridgehead atoms. The van der Waals surface area contributed by atoms with Crippen molar-refractivity contribution < 1.29 is 19.1 Å². The third-order valence-corrected chi connectivity index (χ3v) is 3.54. The van der Waals surface area contributed by atoms with E-state index in [-0.39, 0.29) is 41.4 Å². The zero-order valence-corrected chi connectivity index (χ0v) is 17.2. The van der Waals surface area contributed by atoms with Crippen molar-refractivity contribution >= 4 is 53.2 Å². The molecule has 0 atom stereocenters. The number of ether oxygens (including phenoxy) is 1. The van der Waals surface area contributed by atoms with Gasteiger partial charge in [-0.1, -0.05) is 13.8 Å². The van der Waals surface area contributed by atoms with Crippen molar-refractivity contribution in [1.29, 1.82) is 0 Å². The molecule has 5 amide bonds. The molecule has 0 aromatic heterocycles. The Labute approximate surface area is 169 Å². The third-order valence-electron chi connectivity index (χ3n) is 3.54. The second-order valence-electron chi connectivity index (χ2n) is 5.90. The second-order valence-corrected chi connectivity index (χ2v) is 5.90. The van der Waals surface area contributed by atoms with Gasteiger partial charge in [-0.25, -0.2) is 14.5 Å². The zero-order valence-electron chi connectivity index (χ0n) is 15.2. The molecule has 1 radical (unpaired) electrons. The van der Waals surface area contributed by atoms with Crippen LogP contribution in [-0.2, 0) is 4.79 Å². The number of rotatable bonds is 5. The van der Waals surface area contributed by atoms with Crippen molar-refractivity contribution in [1.82, 2.24) is 15.5 Å². The van der Waals surface area contributed by atoms with E-state index >= 15 is 0 Å². The van der Waals surface area contributed by atoms with E-state index in [2.05, 4.69) is 10.6 Å². The predicted octanol–water partition coefficient (Wildman–Crippen LogP) is 1.34. The Kier molecular flexibility index (Phi) is 7.72. The Bertz CT molecular complexity index is 618. The van der Waals surface area contributed by atoms with Crippen LogP contribution in [0.25, 0.3) is 0 Å². The van der Waals surface area contributed by atoms with Gasteiger partial charge in [0.2, 0.25) is 5.91 Å². The number of urea groups is 2. The van der Waals surface area contributed by atoms with Gasteiger partial charge in [0.1, 0.15) is 5.75 Å².